The summed E-state index contributed by atoms with van der Waals surface area (Å²) >= 11 is 0. The van der Waals surface area contributed by atoms with Crippen LogP contribution in [0.1, 0.15) is 13.8 Å². The van der Waals surface area contributed by atoms with Crippen LogP contribution in [0.3, 0.4) is 0 Å². The van der Waals surface area contributed by atoms with Crippen molar-refractivity contribution in [2.45, 2.75) is 13.8 Å². The van der Waals surface area contributed by atoms with Crippen LogP contribution in [0.15, 0.2) is 24.3 Å². The van der Waals surface area contributed by atoms with E-state index < -0.39 is 0 Å². The maximum Gasteiger partial charge on any atom is 0.321 e. The third-order valence-electron chi connectivity index (χ3n) is 4.04. The van der Waals surface area contributed by atoms with Gasteiger partial charge in [0.15, 0.2) is 0 Å². The first-order valence-corrected chi connectivity index (χ1v) is 7.73. The van der Waals surface area contributed by atoms with Crippen LogP contribution >= 0.6 is 0 Å². The van der Waals surface area contributed by atoms with E-state index in [0.29, 0.717) is 0 Å². The zero-order chi connectivity index (χ0) is 15.2. The van der Waals surface area contributed by atoms with Crippen LogP contribution in [0.25, 0.3) is 0 Å². The maximum absolute atomic E-state index is 12.2. The van der Waals surface area contributed by atoms with Crippen molar-refractivity contribution in [3.05, 3.63) is 24.3 Å². The summed E-state index contributed by atoms with van der Waals surface area (Å²) in [5.41, 5.74) is 2.05. The lowest BCUT2D eigenvalue weighted by molar-refractivity contribution is 0.164. The summed E-state index contributed by atoms with van der Waals surface area (Å²) in [4.78, 5) is 18.6. The molecule has 21 heavy (non-hydrogen) atoms. The zero-order valence-electron chi connectivity index (χ0n) is 13.3. The lowest BCUT2D eigenvalue weighted by Crippen LogP contribution is -2.48. The van der Waals surface area contributed by atoms with Crippen molar-refractivity contribution in [2.24, 2.45) is 0 Å². The number of amides is 2. The van der Waals surface area contributed by atoms with Crippen LogP contribution in [0.5, 0.6) is 0 Å². The molecule has 0 atom stereocenters. The van der Waals surface area contributed by atoms with E-state index in [-0.39, 0.29) is 6.03 Å². The van der Waals surface area contributed by atoms with Crippen molar-refractivity contribution in [1.29, 1.82) is 0 Å². The highest BCUT2D eigenvalue weighted by molar-refractivity contribution is 5.89. The van der Waals surface area contributed by atoms with Gasteiger partial charge in [0.25, 0.3) is 0 Å². The summed E-state index contributed by atoms with van der Waals surface area (Å²) in [6, 6.07) is 8.07. The monoisotopic (exact) mass is 290 g/mol. The molecule has 0 bridgehead atoms. The number of anilines is 2. The first kappa shape index (κ1) is 15.6. The number of nitrogens with zero attached hydrogens (tertiary/aromatic N) is 3. The predicted octanol–water partition coefficient (Wildman–Crippen LogP) is 2.31. The Morgan fingerprint density at radius 3 is 2.19 bits per heavy atom. The zero-order valence-corrected chi connectivity index (χ0v) is 13.3. The van der Waals surface area contributed by atoms with Gasteiger partial charge in [0, 0.05) is 50.6 Å². The van der Waals surface area contributed by atoms with E-state index in [1.807, 2.05) is 17.0 Å². The van der Waals surface area contributed by atoms with Crippen molar-refractivity contribution in [2.75, 3.05) is 56.5 Å². The minimum Gasteiger partial charge on any atom is -0.372 e. The molecule has 0 aromatic heterocycles. The normalized spacial score (nSPS) is 15.9. The molecule has 5 nitrogen and oxygen atoms in total. The molecule has 5 heteroatoms. The fraction of sp³-hybridized carbons (Fsp3) is 0.562. The lowest BCUT2D eigenvalue weighted by Gasteiger charge is -2.32. The Kier molecular flexibility index (Phi) is 5.44. The molecule has 2 rings (SSSR count). The predicted molar refractivity (Wildman–Crippen MR) is 88.1 cm³/mol. The molecule has 0 radical (unpaired) electrons. The van der Waals surface area contributed by atoms with E-state index in [0.717, 1.165) is 45.0 Å². The molecule has 1 fully saturated rings. The average Bonchev–Trinajstić information content (AvgIpc) is 2.51. The molecule has 0 saturated carbocycles. The van der Waals surface area contributed by atoms with Gasteiger partial charge < -0.3 is 20.0 Å². The molecule has 116 valence electrons. The van der Waals surface area contributed by atoms with Crippen LogP contribution in [-0.2, 0) is 0 Å². The number of rotatable bonds is 4. The summed E-state index contributed by atoms with van der Waals surface area (Å²) in [7, 11) is 2.08. The summed E-state index contributed by atoms with van der Waals surface area (Å²) in [5, 5.41) is 2.98. The van der Waals surface area contributed by atoms with Crippen molar-refractivity contribution < 1.29 is 4.79 Å². The molecule has 0 unspecified atom stereocenters. The van der Waals surface area contributed by atoms with Gasteiger partial charge in [0.1, 0.15) is 0 Å². The topological polar surface area (TPSA) is 38.8 Å². The number of piperazine rings is 1. The fourth-order valence-corrected chi connectivity index (χ4v) is 2.56. The highest BCUT2D eigenvalue weighted by Crippen LogP contribution is 2.18. The Hall–Kier alpha value is -1.75. The third kappa shape index (κ3) is 4.11. The van der Waals surface area contributed by atoms with E-state index in [2.05, 4.69) is 48.1 Å². The number of urea groups is 1. The Morgan fingerprint density at radius 2 is 1.67 bits per heavy atom. The number of likely N-dealkylation sites (N-methyl/N-ethyl adjacent to an activating group) is 1. The highest BCUT2D eigenvalue weighted by atomic mass is 16.2. The molecule has 1 N–H and O–H groups in total. The van der Waals surface area contributed by atoms with Crippen LogP contribution in [0, 0.1) is 0 Å². The van der Waals surface area contributed by atoms with Crippen LogP contribution in [-0.4, -0.2) is 62.1 Å². The fourth-order valence-electron chi connectivity index (χ4n) is 2.56. The summed E-state index contributed by atoms with van der Waals surface area (Å²) < 4.78 is 0. The van der Waals surface area contributed by atoms with E-state index in [1.165, 1.54) is 5.69 Å². The van der Waals surface area contributed by atoms with Gasteiger partial charge in [-0.25, -0.2) is 4.79 Å². The van der Waals surface area contributed by atoms with Gasteiger partial charge in [-0.05, 0) is 45.2 Å². The number of benzene rings is 1. The van der Waals surface area contributed by atoms with Gasteiger partial charge in [-0.1, -0.05) is 0 Å². The first-order chi connectivity index (χ1) is 10.1. The third-order valence-corrected chi connectivity index (χ3v) is 4.04. The second kappa shape index (κ2) is 7.31. The highest BCUT2D eigenvalue weighted by Gasteiger charge is 2.18. The Balaban J connectivity index is 1.92. The molecule has 1 heterocycles. The standard InChI is InChI=1S/C16H26N4O/c1-4-19(5-2)15-8-6-14(7-9-15)17-16(21)20-12-10-18(3)11-13-20/h6-9H,4-5,10-13H2,1-3H3,(H,17,21). The van der Waals surface area contributed by atoms with Crippen LogP contribution in [0.4, 0.5) is 16.2 Å². The van der Waals surface area contributed by atoms with Crippen LogP contribution < -0.4 is 10.2 Å². The summed E-state index contributed by atoms with van der Waals surface area (Å²) in [6.45, 7) is 9.73. The lowest BCUT2D eigenvalue weighted by atomic mass is 10.2. The number of hydrogen-bond donors (Lipinski definition) is 1. The van der Waals surface area contributed by atoms with E-state index >= 15 is 0 Å². The molecule has 1 aliphatic rings. The van der Waals surface area contributed by atoms with Crippen molar-refractivity contribution in [3.63, 3.8) is 0 Å². The number of carbonyl (C=O) groups is 1. The first-order valence-electron chi connectivity index (χ1n) is 7.73. The van der Waals surface area contributed by atoms with Gasteiger partial charge >= 0.3 is 6.03 Å². The summed E-state index contributed by atoms with van der Waals surface area (Å²) in [5.74, 6) is 0. The molecule has 2 amide bonds. The van der Waals surface area contributed by atoms with E-state index in [1.54, 1.807) is 0 Å². The smallest absolute Gasteiger partial charge is 0.321 e. The number of nitrogens with one attached hydrogen (secondary N) is 1. The average molecular weight is 290 g/mol. The molecule has 0 aliphatic carbocycles. The largest absolute Gasteiger partial charge is 0.372 e. The second-order valence-electron chi connectivity index (χ2n) is 5.44. The van der Waals surface area contributed by atoms with Gasteiger partial charge in [0.2, 0.25) is 0 Å². The molecular weight excluding hydrogens is 264 g/mol. The van der Waals surface area contributed by atoms with Gasteiger partial charge in [-0.3, -0.25) is 0 Å². The second-order valence-corrected chi connectivity index (χ2v) is 5.44. The van der Waals surface area contributed by atoms with E-state index in [9.17, 15) is 4.79 Å². The molecule has 0 spiro atoms. The van der Waals surface area contributed by atoms with Crippen molar-refractivity contribution >= 4 is 17.4 Å². The van der Waals surface area contributed by atoms with Gasteiger partial charge in [0.05, 0.1) is 0 Å². The SMILES string of the molecule is CCN(CC)c1ccc(NC(=O)N2CCN(C)CC2)cc1. The van der Waals surface area contributed by atoms with Gasteiger partial charge in [-0.2, -0.15) is 0 Å². The number of hydrogen-bond acceptors (Lipinski definition) is 3. The minimum atomic E-state index is -0.00121. The van der Waals surface area contributed by atoms with Crippen molar-refractivity contribution in [3.8, 4) is 0 Å². The maximum atomic E-state index is 12.2. The number of carbonyl (C=O) groups excluding carboxylic acids is 1. The molecular formula is C16H26N4O. The molecule has 1 aliphatic heterocycles. The van der Waals surface area contributed by atoms with Crippen molar-refractivity contribution in [1.82, 2.24) is 9.80 Å². The Bertz CT molecular complexity index is 448. The quantitative estimate of drug-likeness (QED) is 0.925. The molecule has 1 aromatic rings. The molecule has 1 saturated heterocycles. The Morgan fingerprint density at radius 1 is 1.10 bits per heavy atom. The van der Waals surface area contributed by atoms with Gasteiger partial charge in [-0.15, -0.1) is 0 Å². The molecule has 1 aromatic carbocycles. The Labute approximate surface area is 127 Å². The minimum absolute atomic E-state index is 0.00121. The van der Waals surface area contributed by atoms with Crippen LogP contribution in [0.2, 0.25) is 0 Å². The summed E-state index contributed by atoms with van der Waals surface area (Å²) in [6.07, 6.45) is 0. The van der Waals surface area contributed by atoms with E-state index in [4.69, 9.17) is 0 Å².